The van der Waals surface area contributed by atoms with Crippen LogP contribution in [0.3, 0.4) is 0 Å². The van der Waals surface area contributed by atoms with Gasteiger partial charge in [-0.3, -0.25) is 9.52 Å². The van der Waals surface area contributed by atoms with E-state index in [2.05, 4.69) is 15.0 Å². The number of nitrogens with zero attached hydrogens (tertiary/aromatic N) is 1. The quantitative estimate of drug-likeness (QED) is 0.673. The molecule has 2 N–H and O–H groups in total. The Labute approximate surface area is 155 Å². The summed E-state index contributed by atoms with van der Waals surface area (Å²) in [6, 6.07) is 11.7. The van der Waals surface area contributed by atoms with Crippen molar-refractivity contribution in [3.63, 3.8) is 0 Å². The van der Waals surface area contributed by atoms with Crippen LogP contribution in [-0.2, 0) is 19.6 Å². The van der Waals surface area contributed by atoms with Gasteiger partial charge in [-0.05, 0) is 37.3 Å². The Kier molecular flexibility index (Phi) is 5.21. The maximum absolute atomic E-state index is 12.5. The Hall–Kier alpha value is -2.49. The molecule has 0 bridgehead atoms. The molecule has 0 atom stereocenters. The van der Waals surface area contributed by atoms with Gasteiger partial charge in [-0.1, -0.05) is 29.0 Å². The molecule has 0 aliphatic heterocycles. The van der Waals surface area contributed by atoms with Gasteiger partial charge in [0, 0.05) is 12.8 Å². The second-order valence-electron chi connectivity index (χ2n) is 5.60. The van der Waals surface area contributed by atoms with Crippen LogP contribution in [0.5, 0.6) is 0 Å². The molecule has 26 heavy (non-hydrogen) atoms. The van der Waals surface area contributed by atoms with Crippen molar-refractivity contribution in [3.05, 3.63) is 48.0 Å². The lowest BCUT2D eigenvalue weighted by Crippen LogP contribution is -2.16. The highest BCUT2D eigenvalue weighted by molar-refractivity contribution is 7.93. The highest BCUT2D eigenvalue weighted by atomic mass is 32.2. The molecule has 1 heterocycles. The Morgan fingerprint density at radius 2 is 1.92 bits per heavy atom. The average molecular weight is 391 g/mol. The third-order valence-electron chi connectivity index (χ3n) is 3.50. The van der Waals surface area contributed by atoms with Crippen LogP contribution >= 0.6 is 11.3 Å². The van der Waals surface area contributed by atoms with Crippen LogP contribution in [0.2, 0.25) is 0 Å². The summed E-state index contributed by atoms with van der Waals surface area (Å²) in [4.78, 5) is 16.0. The molecule has 1 amide bonds. The molecular formula is C17H17N3O4S2. The Bertz CT molecular complexity index is 1040. The first-order valence-electron chi connectivity index (χ1n) is 7.66. The summed E-state index contributed by atoms with van der Waals surface area (Å²) in [7, 11) is -2.26. The number of anilines is 2. The fourth-order valence-corrected chi connectivity index (χ4v) is 4.41. The molecule has 0 spiro atoms. The molecule has 9 heteroatoms. The lowest BCUT2D eigenvalue weighted by Gasteiger charge is -2.04. The summed E-state index contributed by atoms with van der Waals surface area (Å²) >= 11 is 1.19. The van der Waals surface area contributed by atoms with Crippen LogP contribution in [0.15, 0.2) is 47.4 Å². The van der Waals surface area contributed by atoms with E-state index in [9.17, 15) is 13.2 Å². The van der Waals surface area contributed by atoms with Gasteiger partial charge in [0.25, 0.3) is 10.0 Å². The number of hydrogen-bond donors (Lipinski definition) is 2. The summed E-state index contributed by atoms with van der Waals surface area (Å²) in [6.07, 6.45) is 0. The predicted octanol–water partition coefficient (Wildman–Crippen LogP) is 2.99. The number of fused-ring (bicyclic) bond motifs is 1. The fraction of sp³-hybridized carbons (Fsp3) is 0.176. The van der Waals surface area contributed by atoms with E-state index in [1.54, 1.807) is 42.5 Å². The number of hydrogen-bond acceptors (Lipinski definition) is 6. The van der Waals surface area contributed by atoms with Gasteiger partial charge in [-0.15, -0.1) is 0 Å². The van der Waals surface area contributed by atoms with Crippen molar-refractivity contribution in [2.75, 3.05) is 23.8 Å². The topological polar surface area (TPSA) is 97.4 Å². The van der Waals surface area contributed by atoms with E-state index in [4.69, 9.17) is 4.74 Å². The van der Waals surface area contributed by atoms with Crippen LogP contribution in [0.4, 0.5) is 10.8 Å². The number of aryl methyl sites for hydroxylation is 1. The lowest BCUT2D eigenvalue weighted by molar-refractivity contribution is -0.119. The van der Waals surface area contributed by atoms with E-state index in [1.165, 1.54) is 18.4 Å². The first-order valence-corrected chi connectivity index (χ1v) is 9.96. The summed E-state index contributed by atoms with van der Waals surface area (Å²) in [5, 5.41) is 2.96. The first kappa shape index (κ1) is 18.3. The third kappa shape index (κ3) is 4.18. The van der Waals surface area contributed by atoms with Gasteiger partial charge >= 0.3 is 0 Å². The number of nitrogens with one attached hydrogen (secondary N) is 2. The van der Waals surface area contributed by atoms with Gasteiger partial charge in [0.05, 0.1) is 15.1 Å². The molecule has 7 nitrogen and oxygen atoms in total. The van der Waals surface area contributed by atoms with Crippen molar-refractivity contribution in [2.45, 2.75) is 11.8 Å². The Morgan fingerprint density at radius 1 is 1.19 bits per heavy atom. The summed E-state index contributed by atoms with van der Waals surface area (Å²) in [6.45, 7) is 1.85. The molecule has 0 saturated heterocycles. The van der Waals surface area contributed by atoms with E-state index in [0.717, 1.165) is 10.3 Å². The second-order valence-corrected chi connectivity index (χ2v) is 8.31. The van der Waals surface area contributed by atoms with Crippen molar-refractivity contribution in [3.8, 4) is 0 Å². The second kappa shape index (κ2) is 7.40. The van der Waals surface area contributed by atoms with Gasteiger partial charge < -0.3 is 10.1 Å². The zero-order chi connectivity index (χ0) is 18.7. The summed E-state index contributed by atoms with van der Waals surface area (Å²) < 4.78 is 32.9. The number of amides is 1. The minimum atomic E-state index is -3.70. The van der Waals surface area contributed by atoms with Crippen LogP contribution in [0.1, 0.15) is 5.56 Å². The van der Waals surface area contributed by atoms with Gasteiger partial charge in [-0.25, -0.2) is 13.4 Å². The van der Waals surface area contributed by atoms with Crippen LogP contribution in [0.25, 0.3) is 10.2 Å². The van der Waals surface area contributed by atoms with E-state index in [1.807, 2.05) is 6.92 Å². The first-order chi connectivity index (χ1) is 12.4. The number of benzene rings is 2. The van der Waals surface area contributed by atoms with Crippen LogP contribution in [0, 0.1) is 6.92 Å². The molecule has 1 aromatic heterocycles. The van der Waals surface area contributed by atoms with Gasteiger partial charge in [0.1, 0.15) is 6.61 Å². The van der Waals surface area contributed by atoms with E-state index in [0.29, 0.717) is 11.2 Å². The largest absolute Gasteiger partial charge is 0.375 e. The van der Waals surface area contributed by atoms with Gasteiger partial charge in [0.2, 0.25) is 5.91 Å². The molecular weight excluding hydrogens is 374 g/mol. The fourth-order valence-electron chi connectivity index (χ4n) is 2.27. The number of ether oxygens (including phenoxy) is 1. The highest BCUT2D eigenvalue weighted by Gasteiger charge is 2.16. The minimum absolute atomic E-state index is 0.0394. The predicted molar refractivity (Wildman–Crippen MR) is 102 cm³/mol. The molecule has 3 rings (SSSR count). The van der Waals surface area contributed by atoms with Gasteiger partial charge in [0.15, 0.2) is 5.13 Å². The van der Waals surface area contributed by atoms with Crippen molar-refractivity contribution in [1.29, 1.82) is 0 Å². The summed E-state index contributed by atoms with van der Waals surface area (Å²) in [5.74, 6) is -0.267. The molecule has 0 saturated carbocycles. The molecule has 0 radical (unpaired) electrons. The van der Waals surface area contributed by atoms with Crippen molar-refractivity contribution >= 4 is 48.3 Å². The third-order valence-corrected chi connectivity index (χ3v) is 5.92. The number of sulfonamides is 1. The molecule has 0 fully saturated rings. The number of thiazole rings is 1. The molecule has 2 aromatic carbocycles. The number of methoxy groups -OCH3 is 1. The van der Waals surface area contributed by atoms with E-state index >= 15 is 0 Å². The summed E-state index contributed by atoms with van der Waals surface area (Å²) in [5.41, 5.74) is 2.21. The zero-order valence-electron chi connectivity index (χ0n) is 14.1. The maximum Gasteiger partial charge on any atom is 0.263 e. The average Bonchev–Trinajstić information content (AvgIpc) is 2.96. The number of carbonyl (C=O) groups is 1. The van der Waals surface area contributed by atoms with Crippen molar-refractivity contribution < 1.29 is 17.9 Å². The molecule has 0 unspecified atom stereocenters. The Morgan fingerprint density at radius 3 is 2.62 bits per heavy atom. The SMILES string of the molecule is COCC(=O)Nc1ccc2nc(NS(=O)(=O)c3ccc(C)cc3)sc2c1. The highest BCUT2D eigenvalue weighted by Crippen LogP contribution is 2.29. The smallest absolute Gasteiger partial charge is 0.263 e. The van der Waals surface area contributed by atoms with E-state index in [-0.39, 0.29) is 22.5 Å². The number of aromatic nitrogens is 1. The molecule has 0 aliphatic carbocycles. The van der Waals surface area contributed by atoms with Crippen molar-refractivity contribution in [1.82, 2.24) is 4.98 Å². The maximum atomic E-state index is 12.5. The molecule has 0 aliphatic rings. The number of rotatable bonds is 6. The van der Waals surface area contributed by atoms with Crippen molar-refractivity contribution in [2.24, 2.45) is 0 Å². The molecule has 136 valence electrons. The van der Waals surface area contributed by atoms with Crippen LogP contribution < -0.4 is 10.0 Å². The minimum Gasteiger partial charge on any atom is -0.375 e. The normalized spacial score (nSPS) is 11.5. The zero-order valence-corrected chi connectivity index (χ0v) is 15.8. The van der Waals surface area contributed by atoms with E-state index < -0.39 is 10.0 Å². The number of carbonyl (C=O) groups excluding carboxylic acids is 1. The standard InChI is InChI=1S/C17H17N3O4S2/c1-11-3-6-13(7-4-11)26(22,23)20-17-19-14-8-5-12(9-15(14)25-17)18-16(21)10-24-2/h3-9H,10H2,1-2H3,(H,18,21)(H,19,20). The molecule has 3 aromatic rings. The van der Waals surface area contributed by atoms with Gasteiger partial charge in [-0.2, -0.15) is 0 Å². The Balaban J connectivity index is 1.82. The van der Waals surface area contributed by atoms with Crippen LogP contribution in [-0.4, -0.2) is 33.0 Å². The monoisotopic (exact) mass is 391 g/mol. The lowest BCUT2D eigenvalue weighted by atomic mass is 10.2.